The van der Waals surface area contributed by atoms with Crippen LogP contribution >= 0.6 is 11.5 Å². The summed E-state index contributed by atoms with van der Waals surface area (Å²) >= 11 is 1.20. The van der Waals surface area contributed by atoms with E-state index in [1.54, 1.807) is 0 Å². The van der Waals surface area contributed by atoms with Gasteiger partial charge in [-0.1, -0.05) is 11.4 Å². The number of likely N-dealkylation sites (tertiary alicyclic amines) is 1. The molecule has 0 bridgehead atoms. The molecule has 6 nitrogen and oxygen atoms in total. The molecule has 2 aromatic heterocycles. The van der Waals surface area contributed by atoms with E-state index in [0.29, 0.717) is 4.88 Å². The summed E-state index contributed by atoms with van der Waals surface area (Å²) < 4.78 is 3.95. The van der Waals surface area contributed by atoms with Crippen molar-refractivity contribution in [3.63, 3.8) is 0 Å². The van der Waals surface area contributed by atoms with E-state index in [4.69, 9.17) is 0 Å². The van der Waals surface area contributed by atoms with Crippen molar-refractivity contribution in [2.45, 2.75) is 32.2 Å². The average Bonchev–Trinajstić information content (AvgIpc) is 3.23. The number of hydrogen-bond donors (Lipinski definition) is 0. The Morgan fingerprint density at radius 3 is 3.04 bits per heavy atom. The zero-order valence-corrected chi connectivity index (χ0v) is 14.5. The third-order valence-corrected chi connectivity index (χ3v) is 4.97. The van der Waals surface area contributed by atoms with Crippen LogP contribution in [-0.2, 0) is 6.42 Å². The summed E-state index contributed by atoms with van der Waals surface area (Å²) in [5.41, 5.74) is 1.94. The molecule has 7 heteroatoms. The second kappa shape index (κ2) is 6.62. The minimum Gasteiger partial charge on any atom is -0.363 e. The fourth-order valence-electron chi connectivity index (χ4n) is 2.98. The first-order chi connectivity index (χ1) is 11.1. The van der Waals surface area contributed by atoms with Gasteiger partial charge in [-0.05, 0) is 48.5 Å². The standard InChI is InChI=1S/C16H21N5OS/c1-4-12-15(23-19-18-12)16(22)21-9-5-6-13(21)11-7-8-17-14(10-11)20(2)3/h7-8,10,13H,4-6,9H2,1-3H3/t13-/m0/s1. The Balaban J connectivity index is 1.88. The fraction of sp³-hybridized carbons (Fsp3) is 0.500. The SMILES string of the molecule is CCc1nnsc1C(=O)N1CCC[C@H]1c1ccnc(N(C)C)c1. The molecule has 0 unspecified atom stereocenters. The fourth-order valence-corrected chi connectivity index (χ4v) is 3.68. The van der Waals surface area contributed by atoms with E-state index in [1.807, 2.05) is 43.1 Å². The molecule has 1 fully saturated rings. The Labute approximate surface area is 140 Å². The molecular formula is C16H21N5OS. The molecule has 0 aliphatic carbocycles. The van der Waals surface area contributed by atoms with E-state index in [0.717, 1.165) is 42.9 Å². The van der Waals surface area contributed by atoms with E-state index in [-0.39, 0.29) is 11.9 Å². The lowest BCUT2D eigenvalue weighted by Gasteiger charge is -2.25. The highest BCUT2D eigenvalue weighted by Crippen LogP contribution is 2.34. The molecule has 3 heterocycles. The van der Waals surface area contributed by atoms with Gasteiger partial charge >= 0.3 is 0 Å². The number of anilines is 1. The molecule has 1 saturated heterocycles. The molecule has 1 aliphatic heterocycles. The smallest absolute Gasteiger partial charge is 0.268 e. The van der Waals surface area contributed by atoms with Crippen LogP contribution in [0.2, 0.25) is 0 Å². The Morgan fingerprint density at radius 1 is 1.48 bits per heavy atom. The molecule has 0 saturated carbocycles. The van der Waals surface area contributed by atoms with Crippen LogP contribution in [0.3, 0.4) is 0 Å². The quantitative estimate of drug-likeness (QED) is 0.861. The minimum absolute atomic E-state index is 0.0579. The maximum Gasteiger partial charge on any atom is 0.268 e. The number of amides is 1. The van der Waals surface area contributed by atoms with E-state index < -0.39 is 0 Å². The van der Waals surface area contributed by atoms with Crippen LogP contribution in [-0.4, -0.2) is 46.0 Å². The van der Waals surface area contributed by atoms with Crippen molar-refractivity contribution >= 4 is 23.3 Å². The van der Waals surface area contributed by atoms with E-state index in [9.17, 15) is 4.79 Å². The number of carbonyl (C=O) groups is 1. The van der Waals surface area contributed by atoms with Crippen molar-refractivity contribution in [2.75, 3.05) is 25.5 Å². The number of carbonyl (C=O) groups excluding carboxylic acids is 1. The Kier molecular flexibility index (Phi) is 4.56. The third-order valence-electron chi connectivity index (χ3n) is 4.21. The van der Waals surface area contributed by atoms with Crippen LogP contribution in [0.15, 0.2) is 18.3 Å². The first-order valence-corrected chi connectivity index (χ1v) is 8.64. The predicted octanol–water partition coefficient (Wildman–Crippen LogP) is 2.54. The third kappa shape index (κ3) is 3.06. The zero-order chi connectivity index (χ0) is 16.4. The van der Waals surface area contributed by atoms with Crippen LogP contribution < -0.4 is 4.90 Å². The maximum absolute atomic E-state index is 12.9. The molecule has 0 aromatic carbocycles. The Bertz CT molecular complexity index is 699. The van der Waals surface area contributed by atoms with Crippen molar-refractivity contribution in [3.05, 3.63) is 34.5 Å². The van der Waals surface area contributed by atoms with E-state index >= 15 is 0 Å². The summed E-state index contributed by atoms with van der Waals surface area (Å²) in [7, 11) is 3.94. The predicted molar refractivity (Wildman–Crippen MR) is 90.9 cm³/mol. The van der Waals surface area contributed by atoms with Gasteiger partial charge in [-0.3, -0.25) is 4.79 Å². The van der Waals surface area contributed by atoms with E-state index in [2.05, 4.69) is 20.6 Å². The molecule has 1 aliphatic rings. The zero-order valence-electron chi connectivity index (χ0n) is 13.7. The van der Waals surface area contributed by atoms with Crippen LogP contribution in [0.5, 0.6) is 0 Å². The molecule has 0 spiro atoms. The van der Waals surface area contributed by atoms with Gasteiger partial charge in [0.1, 0.15) is 10.7 Å². The molecule has 3 rings (SSSR count). The number of hydrogen-bond acceptors (Lipinski definition) is 6. The van der Waals surface area contributed by atoms with Gasteiger partial charge in [-0.2, -0.15) is 0 Å². The van der Waals surface area contributed by atoms with Crippen molar-refractivity contribution < 1.29 is 4.79 Å². The molecule has 0 N–H and O–H groups in total. The summed E-state index contributed by atoms with van der Waals surface area (Å²) in [6.45, 7) is 2.78. The van der Waals surface area contributed by atoms with Gasteiger partial charge in [-0.15, -0.1) is 5.10 Å². The lowest BCUT2D eigenvalue weighted by atomic mass is 10.1. The lowest BCUT2D eigenvalue weighted by Crippen LogP contribution is -2.30. The van der Waals surface area contributed by atoms with Gasteiger partial charge in [-0.25, -0.2) is 4.98 Å². The average molecular weight is 331 g/mol. The highest BCUT2D eigenvalue weighted by molar-refractivity contribution is 7.08. The largest absolute Gasteiger partial charge is 0.363 e. The monoisotopic (exact) mass is 331 g/mol. The molecule has 122 valence electrons. The summed E-state index contributed by atoms with van der Waals surface area (Å²) in [4.78, 5) is 21.9. The summed E-state index contributed by atoms with van der Waals surface area (Å²) in [5.74, 6) is 0.970. The highest BCUT2D eigenvalue weighted by atomic mass is 32.1. The van der Waals surface area contributed by atoms with Crippen LogP contribution in [0.4, 0.5) is 5.82 Å². The molecular weight excluding hydrogens is 310 g/mol. The summed E-state index contributed by atoms with van der Waals surface area (Å²) in [5, 5.41) is 4.07. The maximum atomic E-state index is 12.9. The summed E-state index contributed by atoms with van der Waals surface area (Å²) in [6.07, 6.45) is 4.55. The normalized spacial score (nSPS) is 17.5. The first kappa shape index (κ1) is 15.9. The van der Waals surface area contributed by atoms with Gasteiger partial charge in [0, 0.05) is 26.8 Å². The van der Waals surface area contributed by atoms with Gasteiger partial charge < -0.3 is 9.80 Å². The van der Waals surface area contributed by atoms with Crippen molar-refractivity contribution in [1.29, 1.82) is 0 Å². The second-order valence-electron chi connectivity index (χ2n) is 5.90. The summed E-state index contributed by atoms with van der Waals surface area (Å²) in [6, 6.07) is 4.19. The lowest BCUT2D eigenvalue weighted by molar-refractivity contribution is 0.0739. The highest BCUT2D eigenvalue weighted by Gasteiger charge is 2.33. The minimum atomic E-state index is 0.0579. The Morgan fingerprint density at radius 2 is 2.30 bits per heavy atom. The van der Waals surface area contributed by atoms with Crippen LogP contribution in [0.1, 0.15) is 46.7 Å². The molecule has 2 aromatic rings. The second-order valence-corrected chi connectivity index (χ2v) is 6.65. The topological polar surface area (TPSA) is 62.2 Å². The number of rotatable bonds is 4. The number of pyridine rings is 1. The molecule has 23 heavy (non-hydrogen) atoms. The molecule has 0 radical (unpaired) electrons. The van der Waals surface area contributed by atoms with Gasteiger partial charge in [0.15, 0.2) is 0 Å². The van der Waals surface area contributed by atoms with E-state index in [1.165, 1.54) is 11.5 Å². The van der Waals surface area contributed by atoms with Gasteiger partial charge in [0.2, 0.25) is 0 Å². The van der Waals surface area contributed by atoms with Crippen molar-refractivity contribution in [1.82, 2.24) is 19.5 Å². The van der Waals surface area contributed by atoms with Crippen molar-refractivity contribution in [2.24, 2.45) is 0 Å². The number of aryl methyl sites for hydroxylation is 1. The van der Waals surface area contributed by atoms with Gasteiger partial charge in [0.05, 0.1) is 11.7 Å². The Hall–Kier alpha value is -2.02. The molecule has 1 atom stereocenters. The first-order valence-electron chi connectivity index (χ1n) is 7.87. The molecule has 1 amide bonds. The number of nitrogens with zero attached hydrogens (tertiary/aromatic N) is 5. The van der Waals surface area contributed by atoms with Gasteiger partial charge in [0.25, 0.3) is 5.91 Å². The van der Waals surface area contributed by atoms with Crippen molar-refractivity contribution in [3.8, 4) is 0 Å². The number of aromatic nitrogens is 3. The van der Waals surface area contributed by atoms with Crippen LogP contribution in [0, 0.1) is 0 Å². The van der Waals surface area contributed by atoms with Crippen LogP contribution in [0.25, 0.3) is 0 Å².